The first-order valence-corrected chi connectivity index (χ1v) is 34.1. The number of allylic oxidation sites excluding steroid dienone is 4. The number of rotatable bonds is 61. The fourth-order valence-corrected chi connectivity index (χ4v) is 10.8. The second-order valence-electron chi connectivity index (χ2n) is 23.8. The Kier molecular flexibility index (Phi) is 55.9. The van der Waals surface area contributed by atoms with E-state index in [9.17, 15) is 19.4 Å². The highest BCUT2D eigenvalue weighted by atomic mass is 31.2. The van der Waals surface area contributed by atoms with E-state index in [1.165, 1.54) is 263 Å². The van der Waals surface area contributed by atoms with Crippen LogP contribution in [0.3, 0.4) is 0 Å². The van der Waals surface area contributed by atoms with Crippen molar-refractivity contribution in [3.8, 4) is 0 Å². The molecule has 74 heavy (non-hydrogen) atoms. The van der Waals surface area contributed by atoms with Crippen molar-refractivity contribution in [3.63, 3.8) is 0 Å². The molecule has 0 aromatic heterocycles. The van der Waals surface area contributed by atoms with Crippen molar-refractivity contribution in [2.24, 2.45) is 0 Å². The molecule has 3 unspecified atom stereocenters. The van der Waals surface area contributed by atoms with Gasteiger partial charge < -0.3 is 28.8 Å². The zero-order chi connectivity index (χ0) is 54.2. The van der Waals surface area contributed by atoms with Crippen LogP contribution in [0.4, 0.5) is 0 Å². The third-order valence-corrected chi connectivity index (χ3v) is 16.2. The second-order valence-corrected chi connectivity index (χ2v) is 25.2. The van der Waals surface area contributed by atoms with Crippen LogP contribution in [-0.2, 0) is 18.4 Å². The van der Waals surface area contributed by atoms with Gasteiger partial charge in [-0.05, 0) is 44.9 Å². The summed E-state index contributed by atoms with van der Waals surface area (Å²) in [5.74, 6) is -0.157. The molecule has 0 fully saturated rings. The number of likely N-dealkylation sites (N-methyl/N-ethyl adjacent to an activating group) is 1. The molecule has 2 N–H and O–H groups in total. The van der Waals surface area contributed by atoms with E-state index in [1.54, 1.807) is 0 Å². The van der Waals surface area contributed by atoms with Gasteiger partial charge in [0.05, 0.1) is 39.9 Å². The summed E-state index contributed by atoms with van der Waals surface area (Å²) in [7, 11) is 1.32. The average molecular weight is 1070 g/mol. The SMILES string of the molecule is CCCCCCC/C=C\C/C=C\CCCCCCCCCCCCCCCCCCCCCCCC(=O)NC(COP(=O)([O-])OCC[N+](C)(C)C)C(O)CCCCCCCCCCCCCCCCCCCCC. The number of phosphoric acid groups is 1. The summed E-state index contributed by atoms with van der Waals surface area (Å²) < 4.78 is 23.5. The molecule has 0 rings (SSSR count). The summed E-state index contributed by atoms with van der Waals surface area (Å²) in [6.07, 6.45) is 72.4. The largest absolute Gasteiger partial charge is 0.756 e. The molecule has 9 heteroatoms. The minimum absolute atomic E-state index is 0.0151. The van der Waals surface area contributed by atoms with E-state index < -0.39 is 20.0 Å². The quantitative estimate of drug-likeness (QED) is 0.0272. The summed E-state index contributed by atoms with van der Waals surface area (Å²) in [5, 5.41) is 14.1. The molecule has 0 heterocycles. The Morgan fingerprint density at radius 2 is 0.784 bits per heavy atom. The lowest BCUT2D eigenvalue weighted by Crippen LogP contribution is -2.46. The summed E-state index contributed by atoms with van der Waals surface area (Å²) in [6.45, 7) is 4.76. The van der Waals surface area contributed by atoms with Gasteiger partial charge in [-0.3, -0.25) is 9.36 Å². The van der Waals surface area contributed by atoms with Gasteiger partial charge in [0.1, 0.15) is 13.2 Å². The van der Waals surface area contributed by atoms with Crippen LogP contribution in [0.5, 0.6) is 0 Å². The third-order valence-electron chi connectivity index (χ3n) is 15.2. The molecule has 0 radical (unpaired) electrons. The number of phosphoric ester groups is 1. The molecule has 1 amide bonds. The first-order valence-electron chi connectivity index (χ1n) is 32.7. The molecule has 0 aliphatic heterocycles. The molecule has 0 aromatic rings. The molecule has 3 atom stereocenters. The Labute approximate surface area is 462 Å². The lowest BCUT2D eigenvalue weighted by atomic mass is 10.0. The van der Waals surface area contributed by atoms with Crippen molar-refractivity contribution >= 4 is 13.7 Å². The highest BCUT2D eigenvalue weighted by molar-refractivity contribution is 7.45. The Hall–Kier alpha value is -1.02. The first-order chi connectivity index (χ1) is 36.0. The van der Waals surface area contributed by atoms with Gasteiger partial charge in [-0.2, -0.15) is 0 Å². The van der Waals surface area contributed by atoms with E-state index in [4.69, 9.17) is 9.05 Å². The number of aliphatic hydroxyl groups is 1. The number of amides is 1. The summed E-state index contributed by atoms with van der Waals surface area (Å²) in [4.78, 5) is 25.6. The van der Waals surface area contributed by atoms with Gasteiger partial charge in [0, 0.05) is 6.42 Å². The molecule has 0 aliphatic carbocycles. The molecule has 0 bridgehead atoms. The number of carbonyl (C=O) groups excluding carboxylic acids is 1. The van der Waals surface area contributed by atoms with Crippen molar-refractivity contribution in [1.29, 1.82) is 0 Å². The van der Waals surface area contributed by atoms with E-state index in [2.05, 4.69) is 43.5 Å². The highest BCUT2D eigenvalue weighted by Crippen LogP contribution is 2.38. The molecule has 0 aromatic carbocycles. The van der Waals surface area contributed by atoms with Crippen LogP contribution in [0.1, 0.15) is 335 Å². The van der Waals surface area contributed by atoms with Gasteiger partial charge in [-0.25, -0.2) is 0 Å². The fraction of sp³-hybridized carbons (Fsp3) is 0.923. The molecule has 8 nitrogen and oxygen atoms in total. The third kappa shape index (κ3) is 58.7. The Morgan fingerprint density at radius 1 is 0.473 bits per heavy atom. The molecule has 0 spiro atoms. The molecular weight excluding hydrogens is 936 g/mol. The molecule has 0 saturated heterocycles. The van der Waals surface area contributed by atoms with Crippen LogP contribution in [0, 0.1) is 0 Å². The van der Waals surface area contributed by atoms with E-state index >= 15 is 0 Å². The van der Waals surface area contributed by atoms with Gasteiger partial charge in [0.25, 0.3) is 7.82 Å². The van der Waals surface area contributed by atoms with E-state index in [0.29, 0.717) is 23.9 Å². The number of aliphatic hydroxyl groups excluding tert-OH is 1. The van der Waals surface area contributed by atoms with Crippen molar-refractivity contribution in [3.05, 3.63) is 24.3 Å². The maximum atomic E-state index is 13.0. The van der Waals surface area contributed by atoms with Gasteiger partial charge in [0.15, 0.2) is 0 Å². The predicted molar refractivity (Wildman–Crippen MR) is 321 cm³/mol. The van der Waals surface area contributed by atoms with Gasteiger partial charge >= 0.3 is 0 Å². The number of nitrogens with one attached hydrogen (secondary N) is 1. The van der Waals surface area contributed by atoms with E-state index in [0.717, 1.165) is 44.9 Å². The zero-order valence-corrected chi connectivity index (χ0v) is 51.2. The number of carbonyl (C=O) groups is 1. The monoisotopic (exact) mass is 1060 g/mol. The number of unbranched alkanes of at least 4 members (excludes halogenated alkanes) is 44. The van der Waals surface area contributed by atoms with Crippen LogP contribution >= 0.6 is 7.82 Å². The Morgan fingerprint density at radius 3 is 1.12 bits per heavy atom. The van der Waals surface area contributed by atoms with Crippen LogP contribution in [0.2, 0.25) is 0 Å². The second kappa shape index (κ2) is 56.7. The molecular formula is C65H129N2O6P. The highest BCUT2D eigenvalue weighted by Gasteiger charge is 2.24. The van der Waals surface area contributed by atoms with Gasteiger partial charge in [-0.1, -0.05) is 308 Å². The topological polar surface area (TPSA) is 108 Å². The van der Waals surface area contributed by atoms with Crippen molar-refractivity contribution < 1.29 is 32.9 Å². The molecule has 440 valence electrons. The lowest BCUT2D eigenvalue weighted by Gasteiger charge is -2.30. The first kappa shape index (κ1) is 73.0. The Bertz CT molecular complexity index is 1260. The minimum atomic E-state index is -4.57. The van der Waals surface area contributed by atoms with Crippen LogP contribution < -0.4 is 10.2 Å². The van der Waals surface area contributed by atoms with Crippen LogP contribution in [0.25, 0.3) is 0 Å². The van der Waals surface area contributed by atoms with E-state index in [1.807, 2.05) is 21.1 Å². The van der Waals surface area contributed by atoms with Crippen LogP contribution in [-0.4, -0.2) is 68.5 Å². The maximum absolute atomic E-state index is 13.0. The number of nitrogens with zero attached hydrogens (tertiary/aromatic N) is 1. The van der Waals surface area contributed by atoms with Crippen molar-refractivity contribution in [2.75, 3.05) is 40.9 Å². The fourth-order valence-electron chi connectivity index (χ4n) is 10.1. The van der Waals surface area contributed by atoms with Crippen molar-refractivity contribution in [1.82, 2.24) is 5.32 Å². The molecule has 0 aliphatic rings. The normalized spacial score (nSPS) is 13.9. The van der Waals surface area contributed by atoms with Crippen LogP contribution in [0.15, 0.2) is 24.3 Å². The molecule has 0 saturated carbocycles. The standard InChI is InChI=1S/C65H129N2O6P/c1-6-8-10-12-14-16-18-20-22-24-26-27-28-29-30-31-32-33-34-35-36-37-38-39-41-43-45-47-49-51-53-55-57-59-65(69)66-63(62-73-74(70,71)72-61-60-67(3,4)5)64(68)58-56-54-52-50-48-46-44-42-40-25-23-21-19-17-15-13-11-9-7-2/h18,20,24,26,63-64,68H,6-17,19,21-23,25,27-62H2,1-5H3,(H-,66,69,70,71)/b20-18-,26-24-. The van der Waals surface area contributed by atoms with E-state index in [-0.39, 0.29) is 19.1 Å². The summed E-state index contributed by atoms with van der Waals surface area (Å²) in [5.41, 5.74) is 0. The predicted octanol–water partition coefficient (Wildman–Crippen LogP) is 19.7. The van der Waals surface area contributed by atoms with Gasteiger partial charge in [0.2, 0.25) is 5.91 Å². The number of hydrogen-bond donors (Lipinski definition) is 2. The lowest BCUT2D eigenvalue weighted by molar-refractivity contribution is -0.870. The Balaban J connectivity index is 3.99. The van der Waals surface area contributed by atoms with Crippen molar-refractivity contribution in [2.45, 2.75) is 347 Å². The summed E-state index contributed by atoms with van der Waals surface area (Å²) in [6, 6.07) is -0.798. The summed E-state index contributed by atoms with van der Waals surface area (Å²) >= 11 is 0. The smallest absolute Gasteiger partial charge is 0.268 e. The number of quaternary nitrogens is 1. The minimum Gasteiger partial charge on any atom is -0.756 e. The average Bonchev–Trinajstić information content (AvgIpc) is 3.36. The number of hydrogen-bond acceptors (Lipinski definition) is 6. The zero-order valence-electron chi connectivity index (χ0n) is 50.3. The van der Waals surface area contributed by atoms with Gasteiger partial charge in [-0.15, -0.1) is 0 Å². The maximum Gasteiger partial charge on any atom is 0.268 e.